The standard InChI is InChI=1S/3C25H43OP.Cd.Se/c3*1-4-7-9-11-13-15-21-27(26,22-16-14-12-10-8-5-2)23-25-19-17-24(6-3)18-20-25;;/h3*6,17-20H,3-5,7-16,21-23H2,1-2H3;;. The van der Waals surface area contributed by atoms with Crippen LogP contribution in [-0.2, 0) is 54.9 Å². The van der Waals surface area contributed by atoms with Gasteiger partial charge in [0.25, 0.3) is 0 Å². The molecule has 0 saturated carbocycles. The van der Waals surface area contributed by atoms with Gasteiger partial charge in [-0.3, -0.25) is 0 Å². The molecule has 0 aliphatic carbocycles. The van der Waals surface area contributed by atoms with Crippen molar-refractivity contribution in [1.82, 2.24) is 0 Å². The van der Waals surface area contributed by atoms with Crippen LogP contribution in [0.1, 0.15) is 306 Å². The third-order valence-electron chi connectivity index (χ3n) is 16.6. The van der Waals surface area contributed by atoms with Crippen LogP contribution in [0, 0.1) is 0 Å². The average Bonchev–Trinajstić information content (AvgIpc) is 3.56. The maximum atomic E-state index is 13.7. The molecule has 0 fully saturated rings. The van der Waals surface area contributed by atoms with Crippen molar-refractivity contribution in [2.75, 3.05) is 37.0 Å². The fourth-order valence-electron chi connectivity index (χ4n) is 11.2. The molecule has 0 amide bonds. The first kappa shape index (κ1) is 82.0. The minimum atomic E-state index is -2.10. The molecular weight excluding hydrogens is 1230 g/mol. The van der Waals surface area contributed by atoms with E-state index in [9.17, 15) is 13.7 Å². The van der Waals surface area contributed by atoms with Gasteiger partial charge in [0.2, 0.25) is 0 Å². The van der Waals surface area contributed by atoms with E-state index in [1.54, 1.807) is 0 Å². The zero-order chi connectivity index (χ0) is 61.4. The van der Waals surface area contributed by atoms with Gasteiger partial charge in [0.05, 0.1) is 21.4 Å². The molecule has 0 aliphatic heterocycles. The molecule has 83 heavy (non-hydrogen) atoms. The zero-order valence-corrected chi connectivity index (χ0v) is 63.7. The number of hydrogen-bond acceptors (Lipinski definition) is 3. The summed E-state index contributed by atoms with van der Waals surface area (Å²) in [4.78, 5) is 0. The summed E-state index contributed by atoms with van der Waals surface area (Å²) >= 11 is 3.82. The zero-order valence-electron chi connectivity index (χ0n) is 55.3. The second kappa shape index (κ2) is 57.5. The molecule has 0 radical (unpaired) electrons. The monoisotopic (exact) mass is 1360 g/mol. The first-order valence-electron chi connectivity index (χ1n) is 34.5. The predicted molar refractivity (Wildman–Crippen MR) is 379 cm³/mol. The van der Waals surface area contributed by atoms with E-state index in [4.69, 9.17) is 0 Å². The summed E-state index contributed by atoms with van der Waals surface area (Å²) in [5.41, 5.74) is 7.13. The van der Waals surface area contributed by atoms with Crippen molar-refractivity contribution in [2.24, 2.45) is 0 Å². The SMILES string of the molecule is C=Cc1ccc(CP(=O)(CCCCCCCC)CCCCCCCC)cc1.C=Cc1ccc(CP(=O)(CCCCCCCC)CCCCCCCC)cc1.C=Cc1ccc(CP(=O)(CCCCCCCC)CCCCCCCC)cc1.[Se]=[Cd]. The van der Waals surface area contributed by atoms with E-state index in [1.807, 2.05) is 18.2 Å². The van der Waals surface area contributed by atoms with Gasteiger partial charge in [-0.25, -0.2) is 0 Å². The quantitative estimate of drug-likeness (QED) is 0.0322. The van der Waals surface area contributed by atoms with Crippen molar-refractivity contribution >= 4 is 51.1 Å². The Kier molecular flexibility index (Phi) is 56.8. The summed E-state index contributed by atoms with van der Waals surface area (Å²) in [5.74, 6) is 0. The Balaban J connectivity index is 0.00000120. The van der Waals surface area contributed by atoms with Crippen molar-refractivity contribution in [2.45, 2.75) is 291 Å². The van der Waals surface area contributed by atoms with E-state index < -0.39 is 21.4 Å². The van der Waals surface area contributed by atoms with E-state index >= 15 is 0 Å². The van der Waals surface area contributed by atoms with E-state index in [0.717, 1.165) is 133 Å². The van der Waals surface area contributed by atoms with Gasteiger partial charge < -0.3 is 13.7 Å². The molecule has 0 unspecified atom stereocenters. The van der Waals surface area contributed by atoms with Crippen molar-refractivity contribution < 1.29 is 36.4 Å². The molecule has 8 heteroatoms. The van der Waals surface area contributed by atoms with Crippen LogP contribution in [0.5, 0.6) is 0 Å². The van der Waals surface area contributed by atoms with Crippen LogP contribution < -0.4 is 0 Å². The van der Waals surface area contributed by atoms with Crippen LogP contribution in [0.25, 0.3) is 18.2 Å². The van der Waals surface area contributed by atoms with Crippen molar-refractivity contribution in [1.29, 1.82) is 0 Å². The number of benzene rings is 3. The van der Waals surface area contributed by atoms with Gasteiger partial charge in [0.15, 0.2) is 0 Å². The van der Waals surface area contributed by atoms with Crippen LogP contribution in [-0.4, -0.2) is 48.4 Å². The number of rotatable bonds is 51. The maximum absolute atomic E-state index is 13.7. The molecule has 0 aromatic heterocycles. The first-order valence-corrected chi connectivity index (χ1v) is 51.1. The molecule has 0 saturated heterocycles. The van der Waals surface area contributed by atoms with Crippen LogP contribution >= 0.6 is 21.4 Å². The van der Waals surface area contributed by atoms with Gasteiger partial charge in [0.1, 0.15) is 0 Å². The summed E-state index contributed by atoms with van der Waals surface area (Å²) in [6, 6.07) is 25.5. The molecular formula is C75H129CdO3P3Se. The predicted octanol–water partition coefficient (Wildman–Crippen LogP) is 26.4. The van der Waals surface area contributed by atoms with Crippen LogP contribution in [0.3, 0.4) is 0 Å². The fourth-order valence-corrected chi connectivity index (χ4v) is 20.2. The molecule has 0 spiro atoms. The average molecular weight is 1360 g/mol. The summed E-state index contributed by atoms with van der Waals surface area (Å²) < 4.78 is 41.1. The van der Waals surface area contributed by atoms with Gasteiger partial charge in [-0.2, -0.15) is 0 Å². The van der Waals surface area contributed by atoms with E-state index in [-0.39, 0.29) is 0 Å². The van der Waals surface area contributed by atoms with Crippen LogP contribution in [0.2, 0.25) is 0 Å². The van der Waals surface area contributed by atoms with E-state index in [0.29, 0.717) is 0 Å². The van der Waals surface area contributed by atoms with E-state index in [2.05, 4.69) is 146 Å². The summed E-state index contributed by atoms with van der Waals surface area (Å²) in [5, 5.41) is 0. The normalized spacial score (nSPS) is 11.4. The number of hydrogen-bond donors (Lipinski definition) is 0. The molecule has 0 bridgehead atoms. The Morgan fingerprint density at radius 3 is 0.566 bits per heavy atom. The Hall–Kier alpha value is -0.988. The second-order valence-electron chi connectivity index (χ2n) is 24.4. The van der Waals surface area contributed by atoms with Crippen molar-refractivity contribution in [3.05, 3.63) is 126 Å². The van der Waals surface area contributed by atoms with Gasteiger partial charge in [-0.15, -0.1) is 0 Å². The fraction of sp³-hybridized carbons (Fsp3) is 0.680. The van der Waals surface area contributed by atoms with Gasteiger partial charge in [-0.1, -0.05) is 345 Å². The third kappa shape index (κ3) is 46.7. The Morgan fingerprint density at radius 1 is 0.277 bits per heavy atom. The Bertz CT molecular complexity index is 1800. The molecule has 0 heterocycles. The molecule has 0 aliphatic rings. The van der Waals surface area contributed by atoms with Gasteiger partial charge in [0, 0.05) is 55.5 Å². The molecule has 3 nitrogen and oxygen atoms in total. The first-order chi connectivity index (χ1) is 40.4. The Morgan fingerprint density at radius 2 is 0.422 bits per heavy atom. The van der Waals surface area contributed by atoms with Crippen LogP contribution in [0.4, 0.5) is 0 Å². The second-order valence-corrected chi connectivity index (χ2v) is 34.4. The van der Waals surface area contributed by atoms with Crippen LogP contribution in [0.15, 0.2) is 92.5 Å². The molecule has 470 valence electrons. The summed E-state index contributed by atoms with van der Waals surface area (Å²) in [6.45, 7) is 25.0. The van der Waals surface area contributed by atoms with Gasteiger partial charge >= 0.3 is 34.2 Å². The number of unbranched alkanes of at least 4 members (excludes halogenated alkanes) is 30. The van der Waals surface area contributed by atoms with Crippen molar-refractivity contribution in [3.63, 3.8) is 0 Å². The van der Waals surface area contributed by atoms with E-state index in [1.165, 1.54) is 209 Å². The summed E-state index contributed by atoms with van der Waals surface area (Å²) in [7, 11) is -6.31. The molecule has 3 aromatic carbocycles. The Labute approximate surface area is 537 Å². The minimum absolute atomic E-state index is 0.786. The summed E-state index contributed by atoms with van der Waals surface area (Å²) in [6.07, 6.45) is 59.5. The third-order valence-corrected chi connectivity index (χ3v) is 26.2. The topological polar surface area (TPSA) is 51.2 Å². The molecule has 0 atom stereocenters. The van der Waals surface area contributed by atoms with Crippen molar-refractivity contribution in [3.8, 4) is 0 Å². The molecule has 3 rings (SSSR count). The molecule has 3 aromatic rings. The van der Waals surface area contributed by atoms with Gasteiger partial charge in [-0.05, 0) is 71.9 Å². The molecule has 0 N–H and O–H groups in total.